The van der Waals surface area contributed by atoms with Crippen LogP contribution in [0.2, 0.25) is 0 Å². The Morgan fingerprint density at radius 3 is 2.50 bits per heavy atom. The number of rotatable bonds is 0. The highest BCUT2D eigenvalue weighted by atomic mass is 16.7. The summed E-state index contributed by atoms with van der Waals surface area (Å²) in [5, 5.41) is 11.1. The van der Waals surface area contributed by atoms with E-state index in [4.69, 9.17) is 0 Å². The van der Waals surface area contributed by atoms with E-state index in [2.05, 4.69) is 4.98 Å². The molecule has 0 fully saturated rings. The van der Waals surface area contributed by atoms with Gasteiger partial charge in [0.2, 0.25) is 11.4 Å². The average Bonchev–Trinajstić information content (AvgIpc) is 1.93. The van der Waals surface area contributed by atoms with Gasteiger partial charge in [-0.2, -0.15) is 4.73 Å². The molecule has 3 heteroatoms. The molecule has 0 amide bonds. The van der Waals surface area contributed by atoms with Crippen molar-refractivity contribution in [3.63, 3.8) is 0 Å². The van der Waals surface area contributed by atoms with Gasteiger partial charge in [-0.25, -0.2) is 4.98 Å². The zero-order valence-corrected chi connectivity index (χ0v) is 6.38. The normalized spacial score (nSPS) is 9.90. The molecule has 0 atom stereocenters. The Balaban J connectivity index is 3.34. The second-order valence-corrected chi connectivity index (χ2v) is 2.36. The number of hydrogen-bond acceptors (Lipinski definition) is 2. The van der Waals surface area contributed by atoms with Gasteiger partial charge >= 0.3 is 0 Å². The molecule has 10 heavy (non-hydrogen) atoms. The van der Waals surface area contributed by atoms with Crippen molar-refractivity contribution in [1.29, 1.82) is 0 Å². The third-order valence-electron chi connectivity index (χ3n) is 1.59. The van der Waals surface area contributed by atoms with Crippen molar-refractivity contribution in [2.75, 3.05) is 0 Å². The van der Waals surface area contributed by atoms with Crippen molar-refractivity contribution in [3.05, 3.63) is 28.5 Å². The summed E-state index contributed by atoms with van der Waals surface area (Å²) in [7, 11) is 0. The van der Waals surface area contributed by atoms with Crippen LogP contribution in [0.4, 0.5) is 0 Å². The Morgan fingerprint density at radius 1 is 1.40 bits per heavy atom. The van der Waals surface area contributed by atoms with E-state index in [0.29, 0.717) is 11.4 Å². The Labute approximate surface area is 59.9 Å². The summed E-state index contributed by atoms with van der Waals surface area (Å²) in [6, 6.07) is 0. The summed E-state index contributed by atoms with van der Waals surface area (Å²) in [6.45, 7) is 5.33. The van der Waals surface area contributed by atoms with Crippen LogP contribution in [0.1, 0.15) is 17.1 Å². The van der Waals surface area contributed by atoms with Crippen LogP contribution in [0.15, 0.2) is 6.20 Å². The fraction of sp³-hybridized carbons (Fsp3) is 0.429. The van der Waals surface area contributed by atoms with Crippen molar-refractivity contribution in [1.82, 2.24) is 4.98 Å². The van der Waals surface area contributed by atoms with Gasteiger partial charge < -0.3 is 5.21 Å². The first-order chi connectivity index (χ1) is 4.63. The molecule has 54 valence electrons. The second kappa shape index (κ2) is 2.25. The molecule has 0 aliphatic heterocycles. The summed E-state index contributed by atoms with van der Waals surface area (Å²) in [4.78, 5) is 4.02. The minimum absolute atomic E-state index is 0.642. The first kappa shape index (κ1) is 6.99. The van der Waals surface area contributed by atoms with E-state index in [1.165, 1.54) is 0 Å². The summed E-state index contributed by atoms with van der Waals surface area (Å²) in [5.41, 5.74) is 2.11. The molecular weight excluding hydrogens is 129 g/mol. The highest BCUT2D eigenvalue weighted by Crippen LogP contribution is 1.96. The predicted octanol–water partition coefficient (Wildman–Crippen LogP) is 0.640. The van der Waals surface area contributed by atoms with Crippen LogP contribution in [0.25, 0.3) is 0 Å². The zero-order valence-electron chi connectivity index (χ0n) is 6.38. The molecule has 3 nitrogen and oxygen atoms in total. The molecule has 1 heterocycles. The first-order valence-electron chi connectivity index (χ1n) is 3.15. The average molecular weight is 139 g/mol. The van der Waals surface area contributed by atoms with Crippen LogP contribution in [0.3, 0.4) is 0 Å². The lowest BCUT2D eigenvalue weighted by Crippen LogP contribution is -2.34. The minimum Gasteiger partial charge on any atom is -0.618 e. The fourth-order valence-corrected chi connectivity index (χ4v) is 0.748. The SMILES string of the molecule is Cc1ncc(C)[15n+]([O-])c1C. The Kier molecular flexibility index (Phi) is 1.57. The van der Waals surface area contributed by atoms with E-state index < -0.39 is 0 Å². The van der Waals surface area contributed by atoms with Gasteiger partial charge in [0, 0.05) is 13.8 Å². The van der Waals surface area contributed by atoms with Gasteiger partial charge in [-0.05, 0) is 6.92 Å². The number of aryl methyl sites for hydroxylation is 2. The smallest absolute Gasteiger partial charge is 0.211 e. The van der Waals surface area contributed by atoms with Gasteiger partial charge in [0.25, 0.3) is 0 Å². The lowest BCUT2D eigenvalue weighted by Gasteiger charge is -2.03. The van der Waals surface area contributed by atoms with Crippen molar-refractivity contribution < 1.29 is 4.73 Å². The zero-order chi connectivity index (χ0) is 7.72. The maximum atomic E-state index is 11.1. The fourth-order valence-electron chi connectivity index (χ4n) is 0.748. The van der Waals surface area contributed by atoms with Crippen molar-refractivity contribution in [2.45, 2.75) is 20.8 Å². The lowest BCUT2D eigenvalue weighted by molar-refractivity contribution is -0.620. The van der Waals surface area contributed by atoms with E-state index in [1.807, 2.05) is 6.92 Å². The van der Waals surface area contributed by atoms with Crippen LogP contribution >= 0.6 is 0 Å². The van der Waals surface area contributed by atoms with Crippen molar-refractivity contribution >= 4 is 0 Å². The molecule has 0 spiro atoms. The highest BCUT2D eigenvalue weighted by molar-refractivity contribution is 5.02. The molecule has 1 rings (SSSR count). The Hall–Kier alpha value is -1.12. The van der Waals surface area contributed by atoms with Gasteiger partial charge in [-0.1, -0.05) is 0 Å². The predicted molar refractivity (Wildman–Crippen MR) is 37.4 cm³/mol. The van der Waals surface area contributed by atoms with E-state index in [1.54, 1.807) is 20.0 Å². The third kappa shape index (κ3) is 0.943. The molecule has 0 N–H and O–H groups in total. The van der Waals surface area contributed by atoms with E-state index in [0.717, 1.165) is 10.4 Å². The van der Waals surface area contributed by atoms with Crippen LogP contribution < -0.4 is 4.73 Å². The highest BCUT2D eigenvalue weighted by Gasteiger charge is 2.05. The Morgan fingerprint density at radius 2 is 2.00 bits per heavy atom. The molecule has 1 aromatic heterocycles. The molecule has 0 unspecified atom stereocenters. The molecule has 0 bridgehead atoms. The van der Waals surface area contributed by atoms with Crippen LogP contribution in [-0.4, -0.2) is 4.98 Å². The third-order valence-corrected chi connectivity index (χ3v) is 1.59. The number of nitrogens with zero attached hydrogens (tertiary/aromatic N) is 2. The quantitative estimate of drug-likeness (QED) is 0.391. The molecule has 0 aliphatic rings. The largest absolute Gasteiger partial charge is 0.618 e. The lowest BCUT2D eigenvalue weighted by atomic mass is 10.3. The van der Waals surface area contributed by atoms with Gasteiger partial charge in [0.1, 0.15) is 5.69 Å². The maximum Gasteiger partial charge on any atom is 0.211 e. The van der Waals surface area contributed by atoms with E-state index >= 15 is 0 Å². The summed E-state index contributed by atoms with van der Waals surface area (Å²) in [6.07, 6.45) is 1.58. The summed E-state index contributed by atoms with van der Waals surface area (Å²) in [5.74, 6) is 0. The van der Waals surface area contributed by atoms with E-state index in [-0.39, 0.29) is 0 Å². The van der Waals surface area contributed by atoms with Crippen molar-refractivity contribution in [2.24, 2.45) is 0 Å². The summed E-state index contributed by atoms with van der Waals surface area (Å²) >= 11 is 0. The minimum atomic E-state index is 0.642. The molecule has 1 aromatic rings. The maximum absolute atomic E-state index is 11.1. The molecule has 0 saturated carbocycles. The molecular formula is C7H10N2O. The monoisotopic (exact) mass is 139 g/mol. The molecule has 0 radical (unpaired) electrons. The molecule has 0 aliphatic carbocycles. The topological polar surface area (TPSA) is 39.8 Å². The van der Waals surface area contributed by atoms with Gasteiger partial charge in [-0.15, -0.1) is 0 Å². The Bertz CT molecular complexity index is 231. The van der Waals surface area contributed by atoms with Gasteiger partial charge in [0.05, 0.1) is 6.20 Å². The first-order valence-corrected chi connectivity index (χ1v) is 3.15. The number of aromatic nitrogens is 2. The van der Waals surface area contributed by atoms with E-state index in [9.17, 15) is 5.21 Å². The molecule has 0 aromatic carbocycles. The van der Waals surface area contributed by atoms with Crippen LogP contribution in [-0.2, 0) is 0 Å². The summed E-state index contributed by atoms with van der Waals surface area (Å²) < 4.78 is 0.891. The van der Waals surface area contributed by atoms with Gasteiger partial charge in [0.15, 0.2) is 0 Å². The number of hydrogen-bond donors (Lipinski definition) is 0. The standard InChI is InChI=1S/C7H10N2O/c1-5-4-8-6(2)7(3)9(5)10/h4H,1-3H3/i9+1. The molecule has 0 saturated heterocycles. The van der Waals surface area contributed by atoms with Crippen LogP contribution in [0, 0.1) is 26.0 Å². The van der Waals surface area contributed by atoms with Crippen LogP contribution in [0.5, 0.6) is 0 Å². The van der Waals surface area contributed by atoms with Gasteiger partial charge in [-0.3, -0.25) is 0 Å². The van der Waals surface area contributed by atoms with Crippen molar-refractivity contribution in [3.8, 4) is 0 Å². The second-order valence-electron chi connectivity index (χ2n) is 2.36.